The molecule has 8 heteroatoms. The first-order chi connectivity index (χ1) is 8.78. The summed E-state index contributed by atoms with van der Waals surface area (Å²) in [6.07, 6.45) is 2.67. The van der Waals surface area contributed by atoms with Crippen LogP contribution in [-0.4, -0.2) is 26.5 Å². The quantitative estimate of drug-likeness (QED) is 0.878. The maximum absolute atomic E-state index is 5.80. The fraction of sp³-hybridized carbons (Fsp3) is 0.400. The standard InChI is InChI=1S/C10H12ClN5OS/c1-2-3-17-10-15-8(11)14-9(16-10)13-5-7-4-12-6-18-7/h4,6H,2-3,5H2,1H3,(H,13,14,15,16). The minimum absolute atomic E-state index is 0.114. The Morgan fingerprint density at radius 1 is 1.39 bits per heavy atom. The molecule has 0 aliphatic heterocycles. The van der Waals surface area contributed by atoms with Gasteiger partial charge < -0.3 is 10.1 Å². The van der Waals surface area contributed by atoms with Gasteiger partial charge in [0.2, 0.25) is 11.2 Å². The lowest BCUT2D eigenvalue weighted by Gasteiger charge is -2.06. The molecule has 0 saturated heterocycles. The Labute approximate surface area is 113 Å². The van der Waals surface area contributed by atoms with E-state index in [1.807, 2.05) is 6.92 Å². The lowest BCUT2D eigenvalue weighted by molar-refractivity contribution is 0.291. The molecule has 1 N–H and O–H groups in total. The molecule has 0 bridgehead atoms. The molecule has 0 aliphatic carbocycles. The number of nitrogens with one attached hydrogen (secondary N) is 1. The molecule has 0 aromatic carbocycles. The summed E-state index contributed by atoms with van der Waals surface area (Å²) in [5.74, 6) is 0.398. The number of hydrogen-bond donors (Lipinski definition) is 1. The Morgan fingerprint density at radius 2 is 2.28 bits per heavy atom. The van der Waals surface area contributed by atoms with Crippen LogP contribution in [-0.2, 0) is 6.54 Å². The van der Waals surface area contributed by atoms with Crippen LogP contribution in [0.1, 0.15) is 18.2 Å². The normalized spacial score (nSPS) is 10.3. The van der Waals surface area contributed by atoms with E-state index < -0.39 is 0 Å². The topological polar surface area (TPSA) is 72.8 Å². The average Bonchev–Trinajstić information content (AvgIpc) is 2.86. The predicted molar refractivity (Wildman–Crippen MR) is 70.1 cm³/mol. The van der Waals surface area contributed by atoms with Gasteiger partial charge in [-0.05, 0) is 18.0 Å². The third-order valence-electron chi connectivity index (χ3n) is 1.93. The molecule has 2 aromatic rings. The molecule has 2 rings (SSSR count). The second-order valence-electron chi connectivity index (χ2n) is 3.38. The zero-order chi connectivity index (χ0) is 12.8. The molecule has 2 heterocycles. The highest BCUT2D eigenvalue weighted by Gasteiger charge is 2.06. The van der Waals surface area contributed by atoms with Gasteiger partial charge in [-0.1, -0.05) is 6.92 Å². The van der Waals surface area contributed by atoms with Crippen molar-refractivity contribution in [3.63, 3.8) is 0 Å². The van der Waals surface area contributed by atoms with Gasteiger partial charge in [-0.3, -0.25) is 4.98 Å². The summed E-state index contributed by atoms with van der Waals surface area (Å²) in [5.41, 5.74) is 1.77. The number of rotatable bonds is 6. The summed E-state index contributed by atoms with van der Waals surface area (Å²) in [5, 5.41) is 3.16. The van der Waals surface area contributed by atoms with Gasteiger partial charge in [0.1, 0.15) is 0 Å². The van der Waals surface area contributed by atoms with Crippen LogP contribution in [0.2, 0.25) is 5.28 Å². The highest BCUT2D eigenvalue weighted by atomic mass is 35.5. The fourth-order valence-electron chi connectivity index (χ4n) is 1.16. The Kier molecular flexibility index (Phi) is 4.66. The molecule has 0 atom stereocenters. The van der Waals surface area contributed by atoms with Gasteiger partial charge in [0, 0.05) is 11.1 Å². The van der Waals surface area contributed by atoms with Crippen molar-refractivity contribution >= 4 is 28.9 Å². The van der Waals surface area contributed by atoms with Crippen LogP contribution in [0.5, 0.6) is 6.01 Å². The van der Waals surface area contributed by atoms with Crippen molar-refractivity contribution < 1.29 is 4.74 Å². The van der Waals surface area contributed by atoms with Crippen molar-refractivity contribution in [1.29, 1.82) is 0 Å². The van der Waals surface area contributed by atoms with Crippen LogP contribution in [0.3, 0.4) is 0 Å². The Balaban J connectivity index is 2.00. The number of hydrogen-bond acceptors (Lipinski definition) is 7. The van der Waals surface area contributed by atoms with Crippen LogP contribution in [0.25, 0.3) is 0 Å². The minimum atomic E-state index is 0.114. The SMILES string of the molecule is CCCOc1nc(Cl)nc(NCc2cncs2)n1. The molecular formula is C10H12ClN5OS. The lowest BCUT2D eigenvalue weighted by Crippen LogP contribution is -2.07. The number of ether oxygens (including phenoxy) is 1. The lowest BCUT2D eigenvalue weighted by atomic mass is 10.5. The molecule has 0 spiro atoms. The second-order valence-corrected chi connectivity index (χ2v) is 4.69. The van der Waals surface area contributed by atoms with E-state index >= 15 is 0 Å². The van der Waals surface area contributed by atoms with E-state index in [1.165, 1.54) is 0 Å². The van der Waals surface area contributed by atoms with Gasteiger partial charge in [-0.15, -0.1) is 11.3 Å². The number of thiazole rings is 1. The van der Waals surface area contributed by atoms with Crippen molar-refractivity contribution in [2.75, 3.05) is 11.9 Å². The van der Waals surface area contributed by atoms with Crippen LogP contribution in [0.4, 0.5) is 5.95 Å². The molecule has 0 fully saturated rings. The van der Waals surface area contributed by atoms with Crippen molar-refractivity contribution in [3.05, 3.63) is 21.9 Å². The summed E-state index contributed by atoms with van der Waals surface area (Å²) >= 11 is 7.35. The van der Waals surface area contributed by atoms with E-state index in [9.17, 15) is 0 Å². The number of halogens is 1. The van der Waals surface area contributed by atoms with Gasteiger partial charge in [0.15, 0.2) is 0 Å². The number of aromatic nitrogens is 4. The zero-order valence-corrected chi connectivity index (χ0v) is 11.3. The number of nitrogens with zero attached hydrogens (tertiary/aromatic N) is 4. The third-order valence-corrected chi connectivity index (χ3v) is 2.88. The smallest absolute Gasteiger partial charge is 0.322 e. The zero-order valence-electron chi connectivity index (χ0n) is 9.76. The van der Waals surface area contributed by atoms with Crippen molar-refractivity contribution in [2.24, 2.45) is 0 Å². The van der Waals surface area contributed by atoms with Gasteiger partial charge in [-0.25, -0.2) is 0 Å². The van der Waals surface area contributed by atoms with E-state index in [0.717, 1.165) is 11.3 Å². The van der Waals surface area contributed by atoms with E-state index in [4.69, 9.17) is 16.3 Å². The summed E-state index contributed by atoms with van der Waals surface area (Å²) < 4.78 is 5.32. The van der Waals surface area contributed by atoms with Crippen molar-refractivity contribution in [1.82, 2.24) is 19.9 Å². The number of anilines is 1. The minimum Gasteiger partial charge on any atom is -0.463 e. The molecule has 0 unspecified atom stereocenters. The molecule has 0 amide bonds. The molecule has 0 aliphatic rings. The van der Waals surface area contributed by atoms with E-state index in [-0.39, 0.29) is 11.3 Å². The summed E-state index contributed by atoms with van der Waals surface area (Å²) in [6.45, 7) is 3.15. The van der Waals surface area contributed by atoms with Crippen LogP contribution in [0.15, 0.2) is 11.7 Å². The van der Waals surface area contributed by atoms with E-state index in [1.54, 1.807) is 23.0 Å². The summed E-state index contributed by atoms with van der Waals surface area (Å²) in [6, 6.07) is 0.239. The van der Waals surface area contributed by atoms with Crippen LogP contribution >= 0.6 is 22.9 Å². The molecule has 6 nitrogen and oxygen atoms in total. The Morgan fingerprint density at radius 3 is 3.00 bits per heavy atom. The summed E-state index contributed by atoms with van der Waals surface area (Å²) in [7, 11) is 0. The Bertz CT molecular complexity index is 493. The maximum Gasteiger partial charge on any atom is 0.322 e. The van der Waals surface area contributed by atoms with Gasteiger partial charge in [-0.2, -0.15) is 15.0 Å². The van der Waals surface area contributed by atoms with Gasteiger partial charge >= 0.3 is 6.01 Å². The molecular weight excluding hydrogens is 274 g/mol. The third kappa shape index (κ3) is 3.78. The average molecular weight is 286 g/mol. The fourth-order valence-corrected chi connectivity index (χ4v) is 1.85. The molecule has 96 valence electrons. The van der Waals surface area contributed by atoms with E-state index in [2.05, 4.69) is 25.3 Å². The second kappa shape index (κ2) is 6.46. The van der Waals surface area contributed by atoms with Crippen LogP contribution in [0, 0.1) is 0 Å². The van der Waals surface area contributed by atoms with Crippen molar-refractivity contribution in [2.45, 2.75) is 19.9 Å². The predicted octanol–water partition coefficient (Wildman–Crippen LogP) is 2.38. The molecule has 0 saturated carbocycles. The van der Waals surface area contributed by atoms with Crippen molar-refractivity contribution in [3.8, 4) is 6.01 Å². The first-order valence-electron chi connectivity index (χ1n) is 5.43. The summed E-state index contributed by atoms with van der Waals surface area (Å²) in [4.78, 5) is 17.1. The monoisotopic (exact) mass is 285 g/mol. The van der Waals surface area contributed by atoms with Gasteiger partial charge in [0.25, 0.3) is 0 Å². The Hall–Kier alpha value is -1.47. The largest absolute Gasteiger partial charge is 0.463 e. The molecule has 0 radical (unpaired) electrons. The van der Waals surface area contributed by atoms with E-state index in [0.29, 0.717) is 19.1 Å². The van der Waals surface area contributed by atoms with Crippen LogP contribution < -0.4 is 10.1 Å². The maximum atomic E-state index is 5.80. The van der Waals surface area contributed by atoms with Gasteiger partial charge in [0.05, 0.1) is 18.7 Å². The first kappa shape index (κ1) is 13.0. The molecule has 18 heavy (non-hydrogen) atoms. The highest BCUT2D eigenvalue weighted by Crippen LogP contribution is 2.13. The molecule has 2 aromatic heterocycles. The first-order valence-corrected chi connectivity index (χ1v) is 6.69. The highest BCUT2D eigenvalue weighted by molar-refractivity contribution is 7.09.